The number of amides is 1. The Bertz CT molecular complexity index is 1050. The van der Waals surface area contributed by atoms with Gasteiger partial charge in [-0.05, 0) is 43.3 Å². The van der Waals surface area contributed by atoms with Crippen molar-refractivity contribution in [2.75, 3.05) is 21.1 Å². The van der Waals surface area contributed by atoms with E-state index in [1.165, 1.54) is 13.1 Å². The van der Waals surface area contributed by atoms with E-state index in [1.54, 1.807) is 36.4 Å². The fraction of sp³-hybridized carbons (Fsp3) is 0.100. The third-order valence-corrected chi connectivity index (χ3v) is 5.18. The molecule has 0 spiro atoms. The Balaban J connectivity index is 1.71. The molecular formula is C20H20N4O3S. The first kappa shape index (κ1) is 19.4. The average molecular weight is 396 g/mol. The summed E-state index contributed by atoms with van der Waals surface area (Å²) >= 11 is 0. The van der Waals surface area contributed by atoms with E-state index in [0.717, 1.165) is 5.69 Å². The van der Waals surface area contributed by atoms with Gasteiger partial charge in [0.05, 0.1) is 28.9 Å². The maximum Gasteiger partial charge on any atom is 0.257 e. The number of anilines is 4. The minimum absolute atomic E-state index is 0.0806. The van der Waals surface area contributed by atoms with Gasteiger partial charge in [-0.2, -0.15) is 0 Å². The molecule has 144 valence electrons. The number of para-hydroxylation sites is 2. The molecule has 1 heterocycles. The van der Waals surface area contributed by atoms with Gasteiger partial charge in [0.25, 0.3) is 5.91 Å². The first-order valence-corrected chi connectivity index (χ1v) is 10.3. The second-order valence-electron chi connectivity index (χ2n) is 5.93. The molecule has 0 unspecified atom stereocenters. The van der Waals surface area contributed by atoms with Crippen LogP contribution >= 0.6 is 0 Å². The normalized spacial score (nSPS) is 10.9. The average Bonchev–Trinajstić information content (AvgIpc) is 2.70. The van der Waals surface area contributed by atoms with Crippen LogP contribution in [0.5, 0.6) is 0 Å². The third-order valence-electron chi connectivity index (χ3n) is 3.88. The van der Waals surface area contributed by atoms with E-state index in [1.807, 2.05) is 30.3 Å². The number of benzene rings is 2. The molecule has 0 aliphatic heterocycles. The smallest absolute Gasteiger partial charge is 0.257 e. The molecule has 8 heteroatoms. The summed E-state index contributed by atoms with van der Waals surface area (Å²) in [5.74, 6) is 0.128. The molecule has 1 amide bonds. The van der Waals surface area contributed by atoms with Gasteiger partial charge >= 0.3 is 0 Å². The monoisotopic (exact) mass is 396 g/mol. The Morgan fingerprint density at radius 3 is 2.32 bits per heavy atom. The van der Waals surface area contributed by atoms with Gasteiger partial charge in [0.2, 0.25) is 10.0 Å². The predicted molar refractivity (Wildman–Crippen MR) is 111 cm³/mol. The fourth-order valence-electron chi connectivity index (χ4n) is 2.42. The SMILES string of the molecule is CCS(=O)(=O)Nc1ccccc1C(=O)Nc1ccc(Nc2ccccc2)nc1. The number of carbonyl (C=O) groups excluding carboxylic acids is 1. The Morgan fingerprint density at radius 1 is 0.929 bits per heavy atom. The van der Waals surface area contributed by atoms with Crippen LogP contribution in [0, 0.1) is 0 Å². The molecule has 0 aliphatic carbocycles. The van der Waals surface area contributed by atoms with Crippen molar-refractivity contribution in [2.45, 2.75) is 6.92 Å². The maximum atomic E-state index is 12.6. The van der Waals surface area contributed by atoms with Gasteiger partial charge in [-0.3, -0.25) is 9.52 Å². The van der Waals surface area contributed by atoms with Crippen LogP contribution in [-0.4, -0.2) is 25.1 Å². The Kier molecular flexibility index (Phi) is 5.90. The summed E-state index contributed by atoms with van der Waals surface area (Å²) in [5.41, 5.74) is 1.86. The highest BCUT2D eigenvalue weighted by molar-refractivity contribution is 7.92. The van der Waals surface area contributed by atoms with Gasteiger partial charge in [0, 0.05) is 5.69 Å². The number of nitrogens with one attached hydrogen (secondary N) is 3. The van der Waals surface area contributed by atoms with Crippen molar-refractivity contribution in [3.05, 3.63) is 78.5 Å². The third kappa shape index (κ3) is 5.08. The Hall–Kier alpha value is -3.39. The zero-order valence-electron chi connectivity index (χ0n) is 15.2. The standard InChI is InChI=1S/C20H20N4O3S/c1-2-28(26,27)24-18-11-7-6-10-17(18)20(25)23-16-12-13-19(21-14-16)22-15-8-4-3-5-9-15/h3-14,24H,2H2,1H3,(H,21,22)(H,23,25). The maximum absolute atomic E-state index is 12.6. The van der Waals surface area contributed by atoms with Crippen LogP contribution in [0.25, 0.3) is 0 Å². The molecule has 0 fully saturated rings. The molecule has 0 atom stereocenters. The Labute approximate surface area is 163 Å². The van der Waals surface area contributed by atoms with Crippen LogP contribution in [0.1, 0.15) is 17.3 Å². The van der Waals surface area contributed by atoms with E-state index in [9.17, 15) is 13.2 Å². The number of rotatable bonds is 7. The topological polar surface area (TPSA) is 100 Å². The number of aromatic nitrogens is 1. The molecule has 2 aromatic carbocycles. The number of hydrogen-bond acceptors (Lipinski definition) is 5. The zero-order chi connectivity index (χ0) is 20.0. The van der Waals surface area contributed by atoms with Gasteiger partial charge in [-0.15, -0.1) is 0 Å². The highest BCUT2D eigenvalue weighted by Gasteiger charge is 2.15. The van der Waals surface area contributed by atoms with Crippen molar-refractivity contribution < 1.29 is 13.2 Å². The van der Waals surface area contributed by atoms with Gasteiger partial charge in [-0.25, -0.2) is 13.4 Å². The summed E-state index contributed by atoms with van der Waals surface area (Å²) < 4.78 is 26.1. The molecule has 3 rings (SSSR count). The lowest BCUT2D eigenvalue weighted by molar-refractivity contribution is 0.102. The van der Waals surface area contributed by atoms with E-state index < -0.39 is 15.9 Å². The fourth-order valence-corrected chi connectivity index (χ4v) is 3.08. The highest BCUT2D eigenvalue weighted by Crippen LogP contribution is 2.20. The van der Waals surface area contributed by atoms with E-state index in [2.05, 4.69) is 20.3 Å². The molecule has 0 saturated carbocycles. The molecule has 3 N–H and O–H groups in total. The quantitative estimate of drug-likeness (QED) is 0.563. The number of hydrogen-bond donors (Lipinski definition) is 3. The molecule has 3 aromatic rings. The molecule has 28 heavy (non-hydrogen) atoms. The summed E-state index contributed by atoms with van der Waals surface area (Å²) in [6.45, 7) is 1.53. The minimum atomic E-state index is -3.49. The molecule has 0 bridgehead atoms. The summed E-state index contributed by atoms with van der Waals surface area (Å²) in [4.78, 5) is 16.9. The van der Waals surface area contributed by atoms with Crippen molar-refractivity contribution in [2.24, 2.45) is 0 Å². The van der Waals surface area contributed by atoms with Crippen LogP contribution in [-0.2, 0) is 10.0 Å². The van der Waals surface area contributed by atoms with Crippen LogP contribution in [0.15, 0.2) is 72.9 Å². The lowest BCUT2D eigenvalue weighted by atomic mass is 10.1. The van der Waals surface area contributed by atoms with Gasteiger partial charge < -0.3 is 10.6 Å². The zero-order valence-corrected chi connectivity index (χ0v) is 16.0. The molecular weight excluding hydrogens is 376 g/mol. The first-order valence-electron chi connectivity index (χ1n) is 8.66. The van der Waals surface area contributed by atoms with Crippen LogP contribution < -0.4 is 15.4 Å². The van der Waals surface area contributed by atoms with Crippen molar-refractivity contribution in [1.82, 2.24) is 4.98 Å². The molecule has 1 aromatic heterocycles. The van der Waals surface area contributed by atoms with Crippen molar-refractivity contribution >= 4 is 38.8 Å². The predicted octanol–water partition coefficient (Wildman–Crippen LogP) is 3.84. The summed E-state index contributed by atoms with van der Waals surface area (Å²) in [7, 11) is -3.49. The van der Waals surface area contributed by atoms with Gasteiger partial charge in [-0.1, -0.05) is 30.3 Å². The minimum Gasteiger partial charge on any atom is -0.340 e. The van der Waals surface area contributed by atoms with Gasteiger partial charge in [0.1, 0.15) is 5.82 Å². The number of pyridine rings is 1. The van der Waals surface area contributed by atoms with E-state index in [-0.39, 0.29) is 17.0 Å². The second kappa shape index (κ2) is 8.53. The molecule has 0 saturated heterocycles. The van der Waals surface area contributed by atoms with Crippen molar-refractivity contribution in [3.63, 3.8) is 0 Å². The number of sulfonamides is 1. The largest absolute Gasteiger partial charge is 0.340 e. The van der Waals surface area contributed by atoms with Crippen LogP contribution in [0.2, 0.25) is 0 Å². The molecule has 0 aliphatic rings. The summed E-state index contributed by atoms with van der Waals surface area (Å²) in [5, 5.41) is 5.89. The van der Waals surface area contributed by atoms with Crippen molar-refractivity contribution in [3.8, 4) is 0 Å². The van der Waals surface area contributed by atoms with Crippen LogP contribution in [0.4, 0.5) is 22.9 Å². The first-order chi connectivity index (χ1) is 13.5. The highest BCUT2D eigenvalue weighted by atomic mass is 32.2. The summed E-state index contributed by atoms with van der Waals surface area (Å²) in [6.07, 6.45) is 1.53. The van der Waals surface area contributed by atoms with E-state index >= 15 is 0 Å². The molecule has 0 radical (unpaired) electrons. The second-order valence-corrected chi connectivity index (χ2v) is 7.94. The van der Waals surface area contributed by atoms with E-state index in [0.29, 0.717) is 11.5 Å². The number of nitrogens with zero attached hydrogens (tertiary/aromatic N) is 1. The van der Waals surface area contributed by atoms with Gasteiger partial charge in [0.15, 0.2) is 0 Å². The number of carbonyl (C=O) groups is 1. The summed E-state index contributed by atoms with van der Waals surface area (Å²) in [6, 6.07) is 19.5. The van der Waals surface area contributed by atoms with Crippen LogP contribution in [0.3, 0.4) is 0 Å². The molecule has 7 nitrogen and oxygen atoms in total. The Morgan fingerprint density at radius 2 is 1.64 bits per heavy atom. The lowest BCUT2D eigenvalue weighted by Gasteiger charge is -2.12. The van der Waals surface area contributed by atoms with E-state index in [4.69, 9.17) is 0 Å². The lowest BCUT2D eigenvalue weighted by Crippen LogP contribution is -2.19. The van der Waals surface area contributed by atoms with Crippen molar-refractivity contribution in [1.29, 1.82) is 0 Å².